The first-order chi connectivity index (χ1) is 5.11. The molecule has 0 radical (unpaired) electrons. The van der Waals surface area contributed by atoms with Crippen molar-refractivity contribution in [3.63, 3.8) is 0 Å². The molecule has 0 aromatic rings. The Labute approximate surface area is 70.7 Å². The highest BCUT2D eigenvalue weighted by Crippen LogP contribution is 2.32. The highest BCUT2D eigenvalue weighted by molar-refractivity contribution is 5.11. The Balaban J connectivity index is 2.65. The molecule has 0 saturated heterocycles. The maximum Gasteiger partial charge on any atom is -0.0226 e. The lowest BCUT2D eigenvalue weighted by molar-refractivity contribution is 0.404. The van der Waals surface area contributed by atoms with E-state index in [1.165, 1.54) is 12.8 Å². The molecule has 0 nitrogen and oxygen atoms in total. The van der Waals surface area contributed by atoms with Gasteiger partial charge in [-0.1, -0.05) is 39.3 Å². The summed E-state index contributed by atoms with van der Waals surface area (Å²) in [5.74, 6) is 2.50. The van der Waals surface area contributed by atoms with Crippen molar-refractivity contribution >= 4 is 0 Å². The minimum Gasteiger partial charge on any atom is -0.0845 e. The van der Waals surface area contributed by atoms with E-state index in [9.17, 15) is 0 Å². The lowest BCUT2D eigenvalue weighted by Gasteiger charge is -2.27. The molecular formula is C11H20. The van der Waals surface area contributed by atoms with Crippen molar-refractivity contribution in [1.82, 2.24) is 0 Å². The van der Waals surface area contributed by atoms with Crippen LogP contribution in [0.15, 0.2) is 11.6 Å². The summed E-state index contributed by atoms with van der Waals surface area (Å²) in [5, 5.41) is 0. The molecule has 0 saturated carbocycles. The normalized spacial score (nSPS) is 32.3. The maximum atomic E-state index is 2.46. The van der Waals surface area contributed by atoms with Crippen molar-refractivity contribution in [2.45, 2.75) is 40.5 Å². The molecule has 2 unspecified atom stereocenters. The Morgan fingerprint density at radius 1 is 1.36 bits per heavy atom. The van der Waals surface area contributed by atoms with E-state index in [-0.39, 0.29) is 0 Å². The van der Waals surface area contributed by atoms with Crippen LogP contribution in [0.3, 0.4) is 0 Å². The van der Waals surface area contributed by atoms with Crippen molar-refractivity contribution in [2.24, 2.45) is 17.8 Å². The van der Waals surface area contributed by atoms with Crippen LogP contribution >= 0.6 is 0 Å². The van der Waals surface area contributed by atoms with Crippen LogP contribution in [0.2, 0.25) is 0 Å². The monoisotopic (exact) mass is 152 g/mol. The Hall–Kier alpha value is -0.260. The van der Waals surface area contributed by atoms with Crippen molar-refractivity contribution in [3.8, 4) is 0 Å². The molecule has 2 atom stereocenters. The Bertz CT molecular complexity index is 153. The SMILES string of the molecule is CC1CC=C(C(C)C)C(C)C1. The largest absolute Gasteiger partial charge is 0.0845 e. The zero-order chi connectivity index (χ0) is 8.43. The van der Waals surface area contributed by atoms with Crippen LogP contribution in [-0.2, 0) is 0 Å². The molecule has 0 aromatic carbocycles. The summed E-state index contributed by atoms with van der Waals surface area (Å²) in [7, 11) is 0. The van der Waals surface area contributed by atoms with Gasteiger partial charge in [-0.15, -0.1) is 0 Å². The van der Waals surface area contributed by atoms with E-state index in [1.807, 2.05) is 0 Å². The molecule has 0 fully saturated rings. The molecule has 0 spiro atoms. The molecule has 1 rings (SSSR count). The van der Waals surface area contributed by atoms with Crippen LogP contribution in [-0.4, -0.2) is 0 Å². The number of allylic oxidation sites excluding steroid dienone is 2. The average molecular weight is 152 g/mol. The van der Waals surface area contributed by atoms with Gasteiger partial charge in [0, 0.05) is 0 Å². The highest BCUT2D eigenvalue weighted by Gasteiger charge is 2.19. The fraction of sp³-hybridized carbons (Fsp3) is 0.818. The lowest BCUT2D eigenvalue weighted by atomic mass is 9.79. The quantitative estimate of drug-likeness (QED) is 0.503. The van der Waals surface area contributed by atoms with Gasteiger partial charge in [0.25, 0.3) is 0 Å². The molecule has 0 heterocycles. The molecule has 1 aliphatic carbocycles. The topological polar surface area (TPSA) is 0 Å². The zero-order valence-electron chi connectivity index (χ0n) is 8.22. The van der Waals surface area contributed by atoms with E-state index in [4.69, 9.17) is 0 Å². The Morgan fingerprint density at radius 2 is 2.00 bits per heavy atom. The first-order valence-electron chi connectivity index (χ1n) is 4.81. The van der Waals surface area contributed by atoms with Crippen molar-refractivity contribution in [3.05, 3.63) is 11.6 Å². The van der Waals surface area contributed by atoms with Crippen molar-refractivity contribution < 1.29 is 0 Å². The molecule has 11 heavy (non-hydrogen) atoms. The van der Waals surface area contributed by atoms with Crippen molar-refractivity contribution in [2.75, 3.05) is 0 Å². The molecule has 64 valence electrons. The summed E-state index contributed by atoms with van der Waals surface area (Å²) in [6, 6.07) is 0. The summed E-state index contributed by atoms with van der Waals surface area (Å²) < 4.78 is 0. The van der Waals surface area contributed by atoms with Crippen LogP contribution in [0.5, 0.6) is 0 Å². The van der Waals surface area contributed by atoms with E-state index in [2.05, 4.69) is 33.8 Å². The fourth-order valence-electron chi connectivity index (χ4n) is 2.18. The maximum absolute atomic E-state index is 2.46. The summed E-state index contributed by atoms with van der Waals surface area (Å²) in [6.07, 6.45) is 5.16. The van der Waals surface area contributed by atoms with Gasteiger partial charge >= 0.3 is 0 Å². The number of hydrogen-bond donors (Lipinski definition) is 0. The molecule has 0 heteroatoms. The third kappa shape index (κ3) is 2.08. The average Bonchev–Trinajstić information content (AvgIpc) is 1.85. The molecule has 0 N–H and O–H groups in total. The highest BCUT2D eigenvalue weighted by atomic mass is 14.2. The van der Waals surface area contributed by atoms with Crippen molar-refractivity contribution in [1.29, 1.82) is 0 Å². The molecule has 0 bridgehead atoms. The van der Waals surface area contributed by atoms with E-state index in [0.717, 1.165) is 17.8 Å². The van der Waals surface area contributed by atoms with Gasteiger partial charge in [0.2, 0.25) is 0 Å². The number of hydrogen-bond acceptors (Lipinski definition) is 0. The van der Waals surface area contributed by atoms with Gasteiger partial charge in [-0.05, 0) is 30.6 Å². The number of rotatable bonds is 1. The second-order valence-corrected chi connectivity index (χ2v) is 4.34. The van der Waals surface area contributed by atoms with Gasteiger partial charge < -0.3 is 0 Å². The molecule has 0 aromatic heterocycles. The first kappa shape index (κ1) is 8.83. The second-order valence-electron chi connectivity index (χ2n) is 4.34. The zero-order valence-corrected chi connectivity index (χ0v) is 8.22. The second kappa shape index (κ2) is 3.42. The van der Waals surface area contributed by atoms with Crippen LogP contribution in [0.4, 0.5) is 0 Å². The van der Waals surface area contributed by atoms with Gasteiger partial charge in [0.1, 0.15) is 0 Å². The minimum atomic E-state index is 0.762. The van der Waals surface area contributed by atoms with Crippen LogP contribution in [0.25, 0.3) is 0 Å². The fourth-order valence-corrected chi connectivity index (χ4v) is 2.18. The minimum absolute atomic E-state index is 0.762. The first-order valence-corrected chi connectivity index (χ1v) is 4.81. The van der Waals surface area contributed by atoms with Gasteiger partial charge in [0.05, 0.1) is 0 Å². The standard InChI is InChI=1S/C11H20/c1-8(2)11-6-5-9(3)7-10(11)4/h6,8-10H,5,7H2,1-4H3. The third-order valence-electron chi connectivity index (χ3n) is 2.75. The van der Waals surface area contributed by atoms with Crippen LogP contribution in [0, 0.1) is 17.8 Å². The molecule has 0 aliphatic heterocycles. The van der Waals surface area contributed by atoms with E-state index < -0.39 is 0 Å². The van der Waals surface area contributed by atoms with Gasteiger partial charge in [0.15, 0.2) is 0 Å². The Morgan fingerprint density at radius 3 is 2.45 bits per heavy atom. The van der Waals surface area contributed by atoms with Gasteiger partial charge in [-0.3, -0.25) is 0 Å². The summed E-state index contributed by atoms with van der Waals surface area (Å²) >= 11 is 0. The van der Waals surface area contributed by atoms with Crippen LogP contribution < -0.4 is 0 Å². The van der Waals surface area contributed by atoms with E-state index in [0.29, 0.717) is 0 Å². The smallest absolute Gasteiger partial charge is 0.0226 e. The summed E-state index contributed by atoms with van der Waals surface area (Å²) in [6.45, 7) is 9.32. The lowest BCUT2D eigenvalue weighted by Crippen LogP contribution is -2.14. The summed E-state index contributed by atoms with van der Waals surface area (Å²) in [5.41, 5.74) is 1.68. The summed E-state index contributed by atoms with van der Waals surface area (Å²) in [4.78, 5) is 0. The van der Waals surface area contributed by atoms with E-state index >= 15 is 0 Å². The van der Waals surface area contributed by atoms with Crippen LogP contribution in [0.1, 0.15) is 40.5 Å². The van der Waals surface area contributed by atoms with E-state index in [1.54, 1.807) is 5.57 Å². The predicted octanol–water partition coefficient (Wildman–Crippen LogP) is 3.63. The van der Waals surface area contributed by atoms with Gasteiger partial charge in [-0.25, -0.2) is 0 Å². The van der Waals surface area contributed by atoms with Gasteiger partial charge in [-0.2, -0.15) is 0 Å². The molecule has 1 aliphatic rings. The molecular weight excluding hydrogens is 132 g/mol. The Kier molecular flexibility index (Phi) is 2.75. The predicted molar refractivity (Wildman–Crippen MR) is 50.5 cm³/mol. The molecule has 0 amide bonds. The third-order valence-corrected chi connectivity index (χ3v) is 2.75.